The Hall–Kier alpha value is -3.88. The summed E-state index contributed by atoms with van der Waals surface area (Å²) >= 11 is 0. The van der Waals surface area contributed by atoms with Gasteiger partial charge in [-0.1, -0.05) is 43.7 Å². The van der Waals surface area contributed by atoms with Gasteiger partial charge in [-0.2, -0.15) is 8.78 Å². The molecule has 0 aliphatic heterocycles. The minimum Gasteiger partial charge on any atom is -0.429 e. The van der Waals surface area contributed by atoms with Gasteiger partial charge in [0.25, 0.3) is 0 Å². The smallest absolute Gasteiger partial charge is 0.429 e. The molecule has 0 N–H and O–H groups in total. The molecule has 4 rings (SSSR count). The van der Waals surface area contributed by atoms with Crippen molar-refractivity contribution in [3.8, 4) is 28.1 Å². The Kier molecular flexibility index (Phi) is 7.01. The second-order valence-electron chi connectivity index (χ2n) is 8.01. The van der Waals surface area contributed by atoms with Gasteiger partial charge in [-0.3, -0.25) is 4.98 Å². The van der Waals surface area contributed by atoms with Crippen LogP contribution in [0.3, 0.4) is 0 Å². The van der Waals surface area contributed by atoms with Crippen molar-refractivity contribution in [2.24, 2.45) is 0 Å². The third-order valence-electron chi connectivity index (χ3n) is 5.42. The fourth-order valence-corrected chi connectivity index (χ4v) is 3.68. The zero-order chi connectivity index (χ0) is 26.0. The number of aromatic nitrogens is 1. The van der Waals surface area contributed by atoms with Gasteiger partial charge in [0.15, 0.2) is 17.5 Å². The first-order valence-electron chi connectivity index (χ1n) is 10.9. The van der Waals surface area contributed by atoms with E-state index in [-0.39, 0.29) is 23.4 Å². The van der Waals surface area contributed by atoms with Crippen LogP contribution in [0.25, 0.3) is 22.4 Å². The Morgan fingerprint density at radius 3 is 1.83 bits per heavy atom. The summed E-state index contributed by atoms with van der Waals surface area (Å²) in [4.78, 5) is 4.18. The Morgan fingerprint density at radius 1 is 0.722 bits per heavy atom. The minimum atomic E-state index is -4.66. The van der Waals surface area contributed by atoms with Crippen molar-refractivity contribution >= 4 is 0 Å². The quantitative estimate of drug-likeness (QED) is 0.187. The van der Waals surface area contributed by atoms with Gasteiger partial charge >= 0.3 is 6.11 Å². The molecule has 36 heavy (non-hydrogen) atoms. The van der Waals surface area contributed by atoms with Crippen LogP contribution in [0.1, 0.15) is 24.5 Å². The van der Waals surface area contributed by atoms with Crippen LogP contribution >= 0.6 is 0 Å². The first-order chi connectivity index (χ1) is 17.1. The number of pyridine rings is 1. The molecule has 1 heterocycles. The van der Waals surface area contributed by atoms with Crippen molar-refractivity contribution in [3.63, 3.8) is 0 Å². The van der Waals surface area contributed by atoms with Crippen LogP contribution in [-0.4, -0.2) is 4.98 Å². The second-order valence-corrected chi connectivity index (χ2v) is 8.01. The first-order valence-corrected chi connectivity index (χ1v) is 10.9. The fraction of sp³-hybridized carbons (Fsp3) is 0.148. The fourth-order valence-electron chi connectivity index (χ4n) is 3.68. The van der Waals surface area contributed by atoms with Crippen LogP contribution in [0.4, 0.5) is 30.7 Å². The molecule has 2 nitrogen and oxygen atoms in total. The van der Waals surface area contributed by atoms with Crippen molar-refractivity contribution in [1.82, 2.24) is 4.98 Å². The summed E-state index contributed by atoms with van der Waals surface area (Å²) in [5.41, 5.74) is 1.04. The zero-order valence-electron chi connectivity index (χ0n) is 18.8. The van der Waals surface area contributed by atoms with E-state index in [9.17, 15) is 30.7 Å². The van der Waals surface area contributed by atoms with Crippen LogP contribution in [0, 0.1) is 29.1 Å². The van der Waals surface area contributed by atoms with Crippen LogP contribution in [0.2, 0.25) is 0 Å². The molecule has 0 fully saturated rings. The molecule has 1 aromatic heterocycles. The molecular weight excluding hydrogens is 487 g/mol. The average molecular weight is 505 g/mol. The van der Waals surface area contributed by atoms with E-state index in [0.29, 0.717) is 12.1 Å². The lowest BCUT2D eigenvalue weighted by Crippen LogP contribution is -2.25. The Bertz CT molecular complexity index is 1340. The van der Waals surface area contributed by atoms with E-state index in [1.165, 1.54) is 17.8 Å². The zero-order valence-corrected chi connectivity index (χ0v) is 18.8. The number of ether oxygens (including phenoxy) is 1. The molecule has 0 spiro atoms. The Labute approximate surface area is 202 Å². The number of nitrogens with zero attached hydrogens (tertiary/aromatic N) is 1. The maximum atomic E-state index is 14.6. The van der Waals surface area contributed by atoms with Gasteiger partial charge < -0.3 is 4.74 Å². The van der Waals surface area contributed by atoms with Gasteiger partial charge in [-0.25, -0.2) is 22.0 Å². The maximum absolute atomic E-state index is 14.6. The minimum absolute atomic E-state index is 0.117. The molecule has 0 saturated heterocycles. The summed E-state index contributed by atoms with van der Waals surface area (Å²) in [6.07, 6.45) is -1.21. The Balaban J connectivity index is 1.59. The van der Waals surface area contributed by atoms with Crippen LogP contribution in [-0.2, 0) is 12.5 Å². The summed E-state index contributed by atoms with van der Waals surface area (Å²) in [5.74, 6) is -10.0. The predicted molar refractivity (Wildman–Crippen MR) is 120 cm³/mol. The lowest BCUT2D eigenvalue weighted by atomic mass is 10.0. The number of alkyl halides is 2. The van der Waals surface area contributed by atoms with Crippen LogP contribution in [0.15, 0.2) is 66.9 Å². The van der Waals surface area contributed by atoms with E-state index in [2.05, 4.69) is 16.6 Å². The van der Waals surface area contributed by atoms with Crippen molar-refractivity contribution < 1.29 is 35.5 Å². The average Bonchev–Trinajstić information content (AvgIpc) is 2.82. The van der Waals surface area contributed by atoms with Crippen molar-refractivity contribution in [2.75, 3.05) is 0 Å². The highest BCUT2D eigenvalue weighted by Gasteiger charge is 2.41. The van der Waals surface area contributed by atoms with Crippen molar-refractivity contribution in [3.05, 3.63) is 107 Å². The standard InChI is InChI=1S/C27H18F7NO/c1-2-3-15-4-6-16(7-5-15)17-8-9-24(35-14-17)18-10-20(28)25(21(29)11-18)27(33,34)36-19-12-22(30)26(32)23(31)13-19/h4-14H,2-3H2,1H3. The molecule has 0 radical (unpaired) electrons. The molecule has 0 atom stereocenters. The summed E-state index contributed by atoms with van der Waals surface area (Å²) in [5, 5.41) is 0. The molecular formula is C27H18F7NO. The lowest BCUT2D eigenvalue weighted by molar-refractivity contribution is -0.189. The van der Waals surface area contributed by atoms with E-state index < -0.39 is 46.5 Å². The van der Waals surface area contributed by atoms with Crippen molar-refractivity contribution in [2.45, 2.75) is 25.9 Å². The van der Waals surface area contributed by atoms with E-state index in [1.54, 1.807) is 6.07 Å². The number of benzene rings is 3. The number of halogens is 7. The van der Waals surface area contributed by atoms with Gasteiger partial charge in [-0.15, -0.1) is 0 Å². The number of rotatable bonds is 7. The normalized spacial score (nSPS) is 11.6. The molecule has 0 saturated carbocycles. The molecule has 0 bridgehead atoms. The summed E-state index contributed by atoms with van der Waals surface area (Å²) in [7, 11) is 0. The number of hydrogen-bond acceptors (Lipinski definition) is 2. The van der Waals surface area contributed by atoms with Gasteiger partial charge in [-0.05, 0) is 35.7 Å². The first kappa shape index (κ1) is 25.2. The highest BCUT2D eigenvalue weighted by atomic mass is 19.3. The second kappa shape index (κ2) is 10.0. The monoisotopic (exact) mass is 505 g/mol. The molecule has 186 valence electrons. The molecule has 0 unspecified atom stereocenters. The molecule has 4 aromatic rings. The predicted octanol–water partition coefficient (Wildman–Crippen LogP) is 8.19. The highest BCUT2D eigenvalue weighted by molar-refractivity contribution is 5.67. The van der Waals surface area contributed by atoms with E-state index in [4.69, 9.17) is 0 Å². The number of aryl methyl sites for hydroxylation is 1. The lowest BCUT2D eigenvalue weighted by Gasteiger charge is -2.20. The molecule has 0 aliphatic carbocycles. The molecule has 0 aliphatic rings. The maximum Gasteiger partial charge on any atom is 0.432 e. The number of hydrogen-bond donors (Lipinski definition) is 0. The van der Waals surface area contributed by atoms with E-state index in [0.717, 1.165) is 24.0 Å². The molecule has 3 aromatic carbocycles. The van der Waals surface area contributed by atoms with E-state index >= 15 is 0 Å². The molecule has 9 heteroatoms. The summed E-state index contributed by atoms with van der Waals surface area (Å²) in [6, 6.07) is 12.6. The van der Waals surface area contributed by atoms with Gasteiger partial charge in [0.2, 0.25) is 0 Å². The third-order valence-corrected chi connectivity index (χ3v) is 5.42. The topological polar surface area (TPSA) is 22.1 Å². The third kappa shape index (κ3) is 5.19. The summed E-state index contributed by atoms with van der Waals surface area (Å²) in [6.45, 7) is 2.08. The van der Waals surface area contributed by atoms with Crippen LogP contribution in [0.5, 0.6) is 5.75 Å². The van der Waals surface area contributed by atoms with E-state index in [1.807, 2.05) is 24.3 Å². The van der Waals surface area contributed by atoms with Gasteiger partial charge in [0.05, 0.1) is 5.69 Å². The highest BCUT2D eigenvalue weighted by Crippen LogP contribution is 2.37. The largest absolute Gasteiger partial charge is 0.432 e. The molecule has 0 amide bonds. The van der Waals surface area contributed by atoms with Gasteiger partial charge in [0, 0.05) is 29.5 Å². The van der Waals surface area contributed by atoms with Gasteiger partial charge in [0.1, 0.15) is 22.9 Å². The Morgan fingerprint density at radius 2 is 1.31 bits per heavy atom. The van der Waals surface area contributed by atoms with Crippen LogP contribution < -0.4 is 4.74 Å². The SMILES string of the molecule is CCCc1ccc(-c2ccc(-c3cc(F)c(C(F)(F)Oc4cc(F)c(F)c(F)c4)c(F)c3)nc2)cc1. The summed E-state index contributed by atoms with van der Waals surface area (Å²) < 4.78 is 102. The van der Waals surface area contributed by atoms with Crippen molar-refractivity contribution in [1.29, 1.82) is 0 Å².